The van der Waals surface area contributed by atoms with Gasteiger partial charge < -0.3 is 5.32 Å². The molecule has 1 N–H and O–H groups in total. The molecule has 0 amide bonds. The van der Waals surface area contributed by atoms with E-state index in [1.165, 1.54) is 10.9 Å². The summed E-state index contributed by atoms with van der Waals surface area (Å²) in [5.41, 5.74) is 1.22. The molecule has 1 aromatic carbocycles. The minimum absolute atomic E-state index is 0.440. The Kier molecular flexibility index (Phi) is 3.02. The van der Waals surface area contributed by atoms with Gasteiger partial charge in [0, 0.05) is 11.9 Å². The molecule has 0 aliphatic heterocycles. The van der Waals surface area contributed by atoms with E-state index in [2.05, 4.69) is 40.2 Å². The van der Waals surface area contributed by atoms with E-state index in [4.69, 9.17) is 0 Å². The number of para-hydroxylation sites is 1. The minimum Gasteiger partial charge on any atom is -0.318 e. The molecule has 80 valence electrons. The second kappa shape index (κ2) is 4.45. The van der Waals surface area contributed by atoms with Crippen molar-refractivity contribution in [2.45, 2.75) is 19.4 Å². The molecule has 3 heteroatoms. The summed E-state index contributed by atoms with van der Waals surface area (Å²) in [5.74, 6) is 0. The quantitative estimate of drug-likeness (QED) is 0.825. The van der Waals surface area contributed by atoms with Gasteiger partial charge in [-0.1, -0.05) is 25.1 Å². The number of aromatic nitrogens is 2. The lowest BCUT2D eigenvalue weighted by Gasteiger charge is -2.16. The molecule has 0 fully saturated rings. The highest BCUT2D eigenvalue weighted by Gasteiger charge is 2.10. The zero-order valence-corrected chi connectivity index (χ0v) is 9.27. The van der Waals surface area contributed by atoms with Crippen LogP contribution in [0, 0.1) is 0 Å². The van der Waals surface area contributed by atoms with Gasteiger partial charge in [0.2, 0.25) is 0 Å². The molecule has 2 aromatic rings. The normalized spacial score (nSPS) is 13.2. The Morgan fingerprint density at radius 1 is 1.40 bits per heavy atom. The van der Waals surface area contributed by atoms with E-state index in [1.54, 1.807) is 0 Å². The molecule has 2 rings (SSSR count). The van der Waals surface area contributed by atoms with E-state index < -0.39 is 0 Å². The molecule has 0 saturated heterocycles. The van der Waals surface area contributed by atoms with Gasteiger partial charge in [-0.05, 0) is 19.5 Å². The van der Waals surface area contributed by atoms with Crippen LogP contribution in [0.3, 0.4) is 0 Å². The number of likely N-dealkylation sites (N-methyl/N-ethyl adjacent to an activating group) is 1. The molecule has 0 bridgehead atoms. The van der Waals surface area contributed by atoms with Gasteiger partial charge in [-0.3, -0.25) is 4.68 Å². The summed E-state index contributed by atoms with van der Waals surface area (Å²) in [4.78, 5) is 0. The highest BCUT2D eigenvalue weighted by molar-refractivity contribution is 5.78. The number of hydrogen-bond donors (Lipinski definition) is 1. The fraction of sp³-hybridized carbons (Fsp3) is 0.417. The third-order valence-corrected chi connectivity index (χ3v) is 2.76. The summed E-state index contributed by atoms with van der Waals surface area (Å²) in [7, 11) is 1.98. The van der Waals surface area contributed by atoms with Gasteiger partial charge in [-0.15, -0.1) is 0 Å². The molecular weight excluding hydrogens is 186 g/mol. The highest BCUT2D eigenvalue weighted by Crippen LogP contribution is 2.18. The van der Waals surface area contributed by atoms with Crippen molar-refractivity contribution in [3.05, 3.63) is 30.5 Å². The Morgan fingerprint density at radius 2 is 2.20 bits per heavy atom. The number of fused-ring (bicyclic) bond motifs is 1. The smallest absolute Gasteiger partial charge is 0.0686 e. The Morgan fingerprint density at radius 3 is 2.93 bits per heavy atom. The van der Waals surface area contributed by atoms with Crippen molar-refractivity contribution < 1.29 is 0 Å². The fourth-order valence-electron chi connectivity index (χ4n) is 1.92. The van der Waals surface area contributed by atoms with Gasteiger partial charge in [0.1, 0.15) is 0 Å². The maximum Gasteiger partial charge on any atom is 0.0686 e. The second-order valence-corrected chi connectivity index (χ2v) is 3.77. The first kappa shape index (κ1) is 10.2. The third-order valence-electron chi connectivity index (χ3n) is 2.76. The van der Waals surface area contributed by atoms with Crippen molar-refractivity contribution in [3.8, 4) is 0 Å². The van der Waals surface area contributed by atoms with Crippen molar-refractivity contribution in [2.75, 3.05) is 13.6 Å². The highest BCUT2D eigenvalue weighted by atomic mass is 15.3. The molecule has 15 heavy (non-hydrogen) atoms. The minimum atomic E-state index is 0.440. The molecular formula is C12H17N3. The first-order valence-electron chi connectivity index (χ1n) is 5.43. The van der Waals surface area contributed by atoms with Crippen LogP contribution < -0.4 is 5.32 Å². The van der Waals surface area contributed by atoms with Crippen LogP contribution in [0.1, 0.15) is 19.4 Å². The summed E-state index contributed by atoms with van der Waals surface area (Å²) >= 11 is 0. The molecule has 0 saturated carbocycles. The average molecular weight is 203 g/mol. The van der Waals surface area contributed by atoms with Crippen LogP contribution in [0.4, 0.5) is 0 Å². The average Bonchev–Trinajstić information content (AvgIpc) is 2.70. The maximum atomic E-state index is 4.46. The summed E-state index contributed by atoms with van der Waals surface area (Å²) in [5, 5.41) is 8.89. The Balaban J connectivity index is 2.41. The van der Waals surface area contributed by atoms with Gasteiger partial charge in [0.25, 0.3) is 0 Å². The molecule has 0 aliphatic carbocycles. The summed E-state index contributed by atoms with van der Waals surface area (Å²) < 4.78 is 2.12. The molecule has 1 atom stereocenters. The number of nitrogens with one attached hydrogen (secondary N) is 1. The molecule has 3 nitrogen and oxygen atoms in total. The van der Waals surface area contributed by atoms with Crippen molar-refractivity contribution in [3.63, 3.8) is 0 Å². The van der Waals surface area contributed by atoms with E-state index in [9.17, 15) is 0 Å². The van der Waals surface area contributed by atoms with Crippen molar-refractivity contribution in [1.29, 1.82) is 0 Å². The lowest BCUT2D eigenvalue weighted by Crippen LogP contribution is -2.22. The summed E-state index contributed by atoms with van der Waals surface area (Å²) in [6.07, 6.45) is 3.03. The van der Waals surface area contributed by atoms with Crippen LogP contribution in [0.2, 0.25) is 0 Å². The van der Waals surface area contributed by atoms with Gasteiger partial charge in [-0.2, -0.15) is 5.10 Å². The zero-order chi connectivity index (χ0) is 10.7. The van der Waals surface area contributed by atoms with Crippen LogP contribution >= 0.6 is 0 Å². The largest absolute Gasteiger partial charge is 0.318 e. The van der Waals surface area contributed by atoms with Crippen LogP contribution in [0.15, 0.2) is 30.5 Å². The fourth-order valence-corrected chi connectivity index (χ4v) is 1.92. The van der Waals surface area contributed by atoms with E-state index in [1.807, 2.05) is 19.3 Å². The maximum absolute atomic E-state index is 4.46. The Bertz CT molecular complexity index is 433. The molecule has 0 radical (unpaired) electrons. The summed E-state index contributed by atoms with van der Waals surface area (Å²) in [6.45, 7) is 3.15. The molecule has 0 aliphatic rings. The van der Waals surface area contributed by atoms with Crippen LogP contribution in [-0.4, -0.2) is 23.4 Å². The van der Waals surface area contributed by atoms with Crippen LogP contribution in [0.25, 0.3) is 10.9 Å². The second-order valence-electron chi connectivity index (χ2n) is 3.77. The lowest BCUT2D eigenvalue weighted by atomic mass is 10.2. The standard InChI is InChI=1S/C12H17N3/c1-3-11(9-13-2)15-12-7-5-4-6-10(12)8-14-15/h4-8,11,13H,3,9H2,1-2H3. The Hall–Kier alpha value is -1.35. The van der Waals surface area contributed by atoms with E-state index >= 15 is 0 Å². The summed E-state index contributed by atoms with van der Waals surface area (Å²) in [6, 6.07) is 8.78. The van der Waals surface area contributed by atoms with E-state index in [0.717, 1.165) is 13.0 Å². The molecule has 1 unspecified atom stereocenters. The lowest BCUT2D eigenvalue weighted by molar-refractivity contribution is 0.437. The van der Waals surface area contributed by atoms with Gasteiger partial charge in [0.15, 0.2) is 0 Å². The molecule has 1 aromatic heterocycles. The van der Waals surface area contributed by atoms with Crippen molar-refractivity contribution >= 4 is 10.9 Å². The predicted molar refractivity (Wildman–Crippen MR) is 63.0 cm³/mol. The van der Waals surface area contributed by atoms with Crippen LogP contribution in [0.5, 0.6) is 0 Å². The zero-order valence-electron chi connectivity index (χ0n) is 9.27. The van der Waals surface area contributed by atoms with Crippen molar-refractivity contribution in [1.82, 2.24) is 15.1 Å². The SMILES string of the molecule is CCC(CNC)n1ncc2ccccc21. The topological polar surface area (TPSA) is 29.9 Å². The van der Waals surface area contributed by atoms with Gasteiger partial charge >= 0.3 is 0 Å². The molecule has 1 heterocycles. The number of nitrogens with zero attached hydrogens (tertiary/aromatic N) is 2. The molecule has 0 spiro atoms. The number of rotatable bonds is 4. The predicted octanol–water partition coefficient (Wildman–Crippen LogP) is 2.21. The number of hydrogen-bond acceptors (Lipinski definition) is 2. The third kappa shape index (κ3) is 1.88. The Labute approximate surface area is 90.1 Å². The monoisotopic (exact) mass is 203 g/mol. The van der Waals surface area contributed by atoms with Gasteiger partial charge in [-0.25, -0.2) is 0 Å². The van der Waals surface area contributed by atoms with Crippen molar-refractivity contribution in [2.24, 2.45) is 0 Å². The van der Waals surface area contributed by atoms with E-state index in [0.29, 0.717) is 6.04 Å². The first-order valence-corrected chi connectivity index (χ1v) is 5.43. The number of benzene rings is 1. The van der Waals surface area contributed by atoms with Gasteiger partial charge in [0.05, 0.1) is 17.8 Å². The van der Waals surface area contributed by atoms with E-state index in [-0.39, 0.29) is 0 Å². The van der Waals surface area contributed by atoms with Crippen LogP contribution in [-0.2, 0) is 0 Å². The first-order chi connectivity index (χ1) is 7.36.